The first-order valence-electron chi connectivity index (χ1n) is 5.53. The van der Waals surface area contributed by atoms with Crippen molar-refractivity contribution in [3.05, 3.63) is 0 Å². The number of carboxylic acids is 1. The van der Waals surface area contributed by atoms with Crippen molar-refractivity contribution in [2.45, 2.75) is 52.5 Å². The van der Waals surface area contributed by atoms with Crippen LogP contribution < -0.4 is 5.32 Å². The Bertz CT molecular complexity index is 159. The van der Waals surface area contributed by atoms with Crippen molar-refractivity contribution in [1.82, 2.24) is 5.32 Å². The van der Waals surface area contributed by atoms with Gasteiger partial charge >= 0.3 is 5.97 Å². The van der Waals surface area contributed by atoms with Crippen LogP contribution in [0.5, 0.6) is 0 Å². The van der Waals surface area contributed by atoms with Crippen molar-refractivity contribution in [2.75, 3.05) is 6.54 Å². The van der Waals surface area contributed by atoms with E-state index in [2.05, 4.69) is 26.1 Å². The second-order valence-electron chi connectivity index (χ2n) is 3.98. The minimum atomic E-state index is -0.694. The topological polar surface area (TPSA) is 49.3 Å². The highest BCUT2D eigenvalue weighted by molar-refractivity contribution is 5.66. The van der Waals surface area contributed by atoms with Crippen LogP contribution in [0.25, 0.3) is 0 Å². The Morgan fingerprint density at radius 3 is 2.50 bits per heavy atom. The Labute approximate surface area is 86.9 Å². The number of nitrogens with one attached hydrogen (secondary N) is 1. The molecule has 0 spiro atoms. The third kappa shape index (κ3) is 6.89. The first-order chi connectivity index (χ1) is 6.57. The van der Waals surface area contributed by atoms with Gasteiger partial charge in [0.2, 0.25) is 0 Å². The summed E-state index contributed by atoms with van der Waals surface area (Å²) in [6.07, 6.45) is 3.20. The lowest BCUT2D eigenvalue weighted by Gasteiger charge is -2.19. The fourth-order valence-electron chi connectivity index (χ4n) is 1.29. The van der Waals surface area contributed by atoms with Crippen LogP contribution in [0, 0.1) is 5.92 Å². The normalized spacial score (nSPS) is 15.1. The molecular formula is C11H23NO2. The molecule has 0 bridgehead atoms. The van der Waals surface area contributed by atoms with E-state index in [1.807, 2.05) is 0 Å². The highest BCUT2D eigenvalue weighted by Gasteiger charge is 2.08. The Balaban J connectivity index is 3.31. The zero-order valence-corrected chi connectivity index (χ0v) is 9.55. The Hall–Kier alpha value is -0.570. The summed E-state index contributed by atoms with van der Waals surface area (Å²) in [5, 5.41) is 11.8. The molecule has 0 aromatic heterocycles. The summed E-state index contributed by atoms with van der Waals surface area (Å²) in [5.41, 5.74) is 0. The lowest BCUT2D eigenvalue weighted by molar-refractivity contribution is -0.137. The van der Waals surface area contributed by atoms with Crippen molar-refractivity contribution in [1.29, 1.82) is 0 Å². The number of carboxylic acid groups (broad SMARTS) is 1. The van der Waals surface area contributed by atoms with E-state index in [1.165, 1.54) is 6.42 Å². The first-order valence-corrected chi connectivity index (χ1v) is 5.53. The molecule has 3 nitrogen and oxygen atoms in total. The predicted molar refractivity (Wildman–Crippen MR) is 58.4 cm³/mol. The van der Waals surface area contributed by atoms with E-state index in [0.717, 1.165) is 19.4 Å². The van der Waals surface area contributed by atoms with Gasteiger partial charge < -0.3 is 10.4 Å². The first kappa shape index (κ1) is 13.4. The van der Waals surface area contributed by atoms with Gasteiger partial charge in [0.25, 0.3) is 0 Å². The van der Waals surface area contributed by atoms with Crippen LogP contribution in [-0.2, 0) is 4.79 Å². The molecule has 0 rings (SSSR count). The van der Waals surface area contributed by atoms with Gasteiger partial charge in [0.1, 0.15) is 0 Å². The van der Waals surface area contributed by atoms with Crippen LogP contribution in [0.1, 0.15) is 46.5 Å². The average Bonchev–Trinajstić information content (AvgIpc) is 2.15. The Kier molecular flexibility index (Phi) is 7.48. The van der Waals surface area contributed by atoms with Gasteiger partial charge in [0.05, 0.1) is 0 Å². The van der Waals surface area contributed by atoms with Crippen molar-refractivity contribution in [2.24, 2.45) is 5.92 Å². The number of hydrogen-bond acceptors (Lipinski definition) is 2. The second-order valence-corrected chi connectivity index (χ2v) is 3.98. The summed E-state index contributed by atoms with van der Waals surface area (Å²) < 4.78 is 0. The van der Waals surface area contributed by atoms with Gasteiger partial charge in [-0.25, -0.2) is 0 Å². The number of unbranched alkanes of at least 4 members (excludes halogenated alkanes) is 1. The van der Waals surface area contributed by atoms with Crippen LogP contribution in [0.3, 0.4) is 0 Å². The highest BCUT2D eigenvalue weighted by atomic mass is 16.4. The molecule has 0 radical (unpaired) electrons. The highest BCUT2D eigenvalue weighted by Crippen LogP contribution is 2.06. The molecule has 0 amide bonds. The number of hydrogen-bond donors (Lipinski definition) is 2. The summed E-state index contributed by atoms with van der Waals surface area (Å²) in [6.45, 7) is 7.53. The van der Waals surface area contributed by atoms with E-state index in [1.54, 1.807) is 0 Å². The van der Waals surface area contributed by atoms with E-state index < -0.39 is 5.97 Å². The molecule has 0 saturated carbocycles. The third-order valence-corrected chi connectivity index (χ3v) is 2.78. The van der Waals surface area contributed by atoms with Crippen LogP contribution in [0.2, 0.25) is 0 Å². The zero-order valence-electron chi connectivity index (χ0n) is 9.55. The maximum Gasteiger partial charge on any atom is 0.303 e. The summed E-state index contributed by atoms with van der Waals surface area (Å²) in [7, 11) is 0. The molecule has 84 valence electrons. The summed E-state index contributed by atoms with van der Waals surface area (Å²) >= 11 is 0. The molecule has 0 aromatic carbocycles. The van der Waals surface area contributed by atoms with Gasteiger partial charge in [0, 0.05) is 12.5 Å². The lowest BCUT2D eigenvalue weighted by Crippen LogP contribution is -2.32. The molecular weight excluding hydrogens is 178 g/mol. The second kappa shape index (κ2) is 7.80. The minimum Gasteiger partial charge on any atom is -0.481 e. The largest absolute Gasteiger partial charge is 0.481 e. The zero-order chi connectivity index (χ0) is 11.0. The maximum atomic E-state index is 10.2. The number of rotatable bonds is 8. The molecule has 0 fully saturated rings. The molecule has 0 aliphatic heterocycles. The van der Waals surface area contributed by atoms with Gasteiger partial charge in [-0.3, -0.25) is 4.79 Å². The quantitative estimate of drug-likeness (QED) is 0.592. The molecule has 2 atom stereocenters. The summed E-state index contributed by atoms with van der Waals surface area (Å²) in [5.74, 6) is -0.00514. The maximum absolute atomic E-state index is 10.2. The smallest absolute Gasteiger partial charge is 0.303 e. The third-order valence-electron chi connectivity index (χ3n) is 2.78. The van der Waals surface area contributed by atoms with Gasteiger partial charge in [0.15, 0.2) is 0 Å². The van der Waals surface area contributed by atoms with E-state index >= 15 is 0 Å². The van der Waals surface area contributed by atoms with Crippen molar-refractivity contribution < 1.29 is 9.90 Å². The molecule has 0 aliphatic carbocycles. The number of aliphatic carboxylic acids is 1. The molecule has 3 heteroatoms. The van der Waals surface area contributed by atoms with Crippen molar-refractivity contribution >= 4 is 5.97 Å². The summed E-state index contributed by atoms with van der Waals surface area (Å²) in [4.78, 5) is 10.2. The van der Waals surface area contributed by atoms with E-state index in [0.29, 0.717) is 18.4 Å². The lowest BCUT2D eigenvalue weighted by atomic mass is 10.0. The fourth-order valence-corrected chi connectivity index (χ4v) is 1.29. The molecule has 0 aromatic rings. The molecule has 2 N–H and O–H groups in total. The van der Waals surface area contributed by atoms with Crippen LogP contribution >= 0.6 is 0 Å². The molecule has 0 saturated heterocycles. The summed E-state index contributed by atoms with van der Waals surface area (Å²) in [6, 6.07) is 0.532. The SMILES string of the molecule is CCC(C)C(C)NCCCCC(=O)O. The van der Waals surface area contributed by atoms with E-state index in [9.17, 15) is 4.79 Å². The fraction of sp³-hybridized carbons (Fsp3) is 0.909. The Morgan fingerprint density at radius 2 is 2.00 bits per heavy atom. The minimum absolute atomic E-state index is 0.291. The van der Waals surface area contributed by atoms with Crippen molar-refractivity contribution in [3.8, 4) is 0 Å². The van der Waals surface area contributed by atoms with Crippen LogP contribution in [0.15, 0.2) is 0 Å². The van der Waals surface area contributed by atoms with Gasteiger partial charge in [-0.15, -0.1) is 0 Å². The number of carbonyl (C=O) groups is 1. The standard InChI is InChI=1S/C11H23NO2/c1-4-9(2)10(3)12-8-6-5-7-11(13)14/h9-10,12H,4-8H2,1-3H3,(H,13,14). The molecule has 0 aliphatic rings. The van der Waals surface area contributed by atoms with Gasteiger partial charge in [-0.2, -0.15) is 0 Å². The van der Waals surface area contributed by atoms with E-state index in [-0.39, 0.29) is 0 Å². The predicted octanol–water partition coefficient (Wildman–Crippen LogP) is 2.27. The van der Waals surface area contributed by atoms with Crippen LogP contribution in [0.4, 0.5) is 0 Å². The van der Waals surface area contributed by atoms with E-state index in [4.69, 9.17) is 5.11 Å². The molecule has 2 unspecified atom stereocenters. The molecule has 14 heavy (non-hydrogen) atoms. The average molecular weight is 201 g/mol. The van der Waals surface area contributed by atoms with Crippen molar-refractivity contribution in [3.63, 3.8) is 0 Å². The van der Waals surface area contributed by atoms with Crippen LogP contribution in [-0.4, -0.2) is 23.7 Å². The van der Waals surface area contributed by atoms with Gasteiger partial charge in [-0.05, 0) is 32.2 Å². The molecule has 0 heterocycles. The van der Waals surface area contributed by atoms with Gasteiger partial charge in [-0.1, -0.05) is 20.3 Å². The Morgan fingerprint density at radius 1 is 1.36 bits per heavy atom. The monoisotopic (exact) mass is 201 g/mol.